The second-order valence-corrected chi connectivity index (χ2v) is 7.18. The van der Waals surface area contributed by atoms with E-state index in [4.69, 9.17) is 11.6 Å². The van der Waals surface area contributed by atoms with Crippen LogP contribution in [0.15, 0.2) is 24.4 Å². The number of nitrogens with one attached hydrogen (secondary N) is 1. The molecule has 2 heterocycles. The Morgan fingerprint density at radius 1 is 1.30 bits per heavy atom. The highest BCUT2D eigenvalue weighted by atomic mass is 35.5. The lowest BCUT2D eigenvalue weighted by Gasteiger charge is -2.28. The Morgan fingerprint density at radius 3 is 2.70 bits per heavy atom. The molecule has 0 bridgehead atoms. The zero-order valence-electron chi connectivity index (χ0n) is 15.5. The van der Waals surface area contributed by atoms with Gasteiger partial charge >= 0.3 is 0 Å². The molecule has 0 aliphatic carbocycles. The fraction of sp³-hybridized carbons (Fsp3) is 0.421. The van der Waals surface area contributed by atoms with Gasteiger partial charge in [-0.15, -0.1) is 0 Å². The Labute approximate surface area is 163 Å². The van der Waals surface area contributed by atoms with Gasteiger partial charge in [0.25, 0.3) is 0 Å². The van der Waals surface area contributed by atoms with Gasteiger partial charge in [-0.1, -0.05) is 17.7 Å². The standard InChI is InChI=1S/C19H23ClFN5O/c1-25(2)18-16(12-22-19(24-18)26-9-4-3-5-10-26)23-17(27)11-13-14(20)7-6-8-15(13)21/h6-8,12H,3-5,9-11H2,1-2H3,(H,23,27). The summed E-state index contributed by atoms with van der Waals surface area (Å²) in [5.41, 5.74) is 0.659. The van der Waals surface area contributed by atoms with Gasteiger partial charge in [-0.25, -0.2) is 9.37 Å². The number of halogens is 2. The van der Waals surface area contributed by atoms with Crippen molar-refractivity contribution in [2.75, 3.05) is 42.3 Å². The smallest absolute Gasteiger partial charge is 0.229 e. The number of aromatic nitrogens is 2. The first-order valence-electron chi connectivity index (χ1n) is 8.98. The molecule has 0 unspecified atom stereocenters. The second-order valence-electron chi connectivity index (χ2n) is 6.77. The Morgan fingerprint density at radius 2 is 2.04 bits per heavy atom. The number of hydrogen-bond acceptors (Lipinski definition) is 5. The van der Waals surface area contributed by atoms with E-state index in [2.05, 4.69) is 20.2 Å². The number of carbonyl (C=O) groups is 1. The van der Waals surface area contributed by atoms with Crippen molar-refractivity contribution in [3.63, 3.8) is 0 Å². The lowest BCUT2D eigenvalue weighted by atomic mass is 10.1. The Bertz CT molecular complexity index is 803. The molecule has 1 aliphatic heterocycles. The van der Waals surface area contributed by atoms with Crippen molar-refractivity contribution in [1.82, 2.24) is 9.97 Å². The number of piperidine rings is 1. The summed E-state index contributed by atoms with van der Waals surface area (Å²) >= 11 is 6.01. The normalized spacial score (nSPS) is 14.1. The molecule has 0 saturated carbocycles. The maximum atomic E-state index is 13.9. The first-order chi connectivity index (χ1) is 13.0. The molecule has 8 heteroatoms. The van der Waals surface area contributed by atoms with E-state index < -0.39 is 5.82 Å². The van der Waals surface area contributed by atoms with Crippen molar-refractivity contribution in [2.24, 2.45) is 0 Å². The minimum atomic E-state index is -0.498. The summed E-state index contributed by atoms with van der Waals surface area (Å²) in [4.78, 5) is 25.4. The van der Waals surface area contributed by atoms with E-state index >= 15 is 0 Å². The number of amides is 1. The van der Waals surface area contributed by atoms with E-state index in [9.17, 15) is 9.18 Å². The van der Waals surface area contributed by atoms with E-state index in [1.165, 1.54) is 18.6 Å². The van der Waals surface area contributed by atoms with Gasteiger partial charge in [0.15, 0.2) is 5.82 Å². The maximum Gasteiger partial charge on any atom is 0.229 e. The van der Waals surface area contributed by atoms with Gasteiger partial charge in [0.05, 0.1) is 12.6 Å². The van der Waals surface area contributed by atoms with E-state index in [-0.39, 0.29) is 22.9 Å². The third-order valence-electron chi connectivity index (χ3n) is 4.49. The van der Waals surface area contributed by atoms with Crippen LogP contribution in [0.5, 0.6) is 0 Å². The summed E-state index contributed by atoms with van der Waals surface area (Å²) in [5, 5.41) is 3.01. The predicted octanol–water partition coefficient (Wildman–Crippen LogP) is 3.51. The van der Waals surface area contributed by atoms with Gasteiger partial charge in [0, 0.05) is 37.8 Å². The van der Waals surface area contributed by atoms with Gasteiger partial charge in [-0.2, -0.15) is 4.98 Å². The Kier molecular flexibility index (Phi) is 6.11. The molecule has 0 spiro atoms. The van der Waals surface area contributed by atoms with Gasteiger partial charge in [-0.05, 0) is 31.4 Å². The van der Waals surface area contributed by atoms with E-state index in [1.54, 1.807) is 12.3 Å². The lowest BCUT2D eigenvalue weighted by Crippen LogP contribution is -2.31. The predicted molar refractivity (Wildman–Crippen MR) is 106 cm³/mol. The minimum Gasteiger partial charge on any atom is -0.361 e. The third kappa shape index (κ3) is 4.66. The van der Waals surface area contributed by atoms with Crippen LogP contribution in [0.3, 0.4) is 0 Å². The molecule has 1 aromatic carbocycles. The molecule has 1 N–H and O–H groups in total. The molecule has 1 amide bonds. The minimum absolute atomic E-state index is 0.160. The number of benzene rings is 1. The molecule has 1 fully saturated rings. The molecular formula is C19H23ClFN5O. The van der Waals surface area contributed by atoms with Crippen molar-refractivity contribution in [3.05, 3.63) is 40.8 Å². The van der Waals surface area contributed by atoms with Crippen LogP contribution in [0.25, 0.3) is 0 Å². The molecule has 2 aromatic rings. The van der Waals surface area contributed by atoms with Crippen molar-refractivity contribution >= 4 is 35.0 Å². The highest BCUT2D eigenvalue weighted by molar-refractivity contribution is 6.31. The molecule has 0 radical (unpaired) electrons. The van der Waals surface area contributed by atoms with Crippen molar-refractivity contribution < 1.29 is 9.18 Å². The molecule has 1 aromatic heterocycles. The van der Waals surface area contributed by atoms with Gasteiger partial charge in [0.2, 0.25) is 11.9 Å². The quantitative estimate of drug-likeness (QED) is 0.845. The molecule has 0 atom stereocenters. The van der Waals surface area contributed by atoms with Crippen LogP contribution < -0.4 is 15.1 Å². The molecule has 6 nitrogen and oxygen atoms in total. The zero-order chi connectivity index (χ0) is 19.4. The summed E-state index contributed by atoms with van der Waals surface area (Å²) in [5.74, 6) is 0.397. The topological polar surface area (TPSA) is 61.4 Å². The largest absolute Gasteiger partial charge is 0.361 e. The first kappa shape index (κ1) is 19.4. The lowest BCUT2D eigenvalue weighted by molar-refractivity contribution is -0.115. The average Bonchev–Trinajstić information content (AvgIpc) is 2.65. The molecule has 3 rings (SSSR count). The van der Waals surface area contributed by atoms with Crippen LogP contribution in [0.4, 0.5) is 21.8 Å². The average molecular weight is 392 g/mol. The van der Waals surface area contributed by atoms with Crippen LogP contribution in [0.1, 0.15) is 24.8 Å². The first-order valence-corrected chi connectivity index (χ1v) is 9.35. The van der Waals surface area contributed by atoms with Crippen LogP contribution in [-0.2, 0) is 11.2 Å². The van der Waals surface area contributed by atoms with E-state index in [0.29, 0.717) is 17.5 Å². The van der Waals surface area contributed by atoms with Gasteiger partial charge in [0.1, 0.15) is 11.5 Å². The number of carbonyl (C=O) groups excluding carboxylic acids is 1. The van der Waals surface area contributed by atoms with Crippen LogP contribution >= 0.6 is 11.6 Å². The van der Waals surface area contributed by atoms with Crippen molar-refractivity contribution in [3.8, 4) is 0 Å². The van der Waals surface area contributed by atoms with Crippen LogP contribution in [0.2, 0.25) is 5.02 Å². The van der Waals surface area contributed by atoms with E-state index in [0.717, 1.165) is 25.9 Å². The number of anilines is 3. The van der Waals surface area contributed by atoms with Crippen LogP contribution in [0, 0.1) is 5.82 Å². The molecule has 1 aliphatic rings. The second kappa shape index (κ2) is 8.52. The fourth-order valence-electron chi connectivity index (χ4n) is 3.10. The molecular weight excluding hydrogens is 369 g/mol. The summed E-state index contributed by atoms with van der Waals surface area (Å²) in [6.45, 7) is 1.87. The number of hydrogen-bond donors (Lipinski definition) is 1. The molecule has 27 heavy (non-hydrogen) atoms. The number of nitrogens with zero attached hydrogens (tertiary/aromatic N) is 4. The maximum absolute atomic E-state index is 13.9. The summed E-state index contributed by atoms with van der Waals surface area (Å²) in [6.07, 6.45) is 4.92. The molecule has 1 saturated heterocycles. The highest BCUT2D eigenvalue weighted by Gasteiger charge is 2.19. The monoisotopic (exact) mass is 391 g/mol. The zero-order valence-corrected chi connectivity index (χ0v) is 16.3. The Balaban J connectivity index is 1.78. The third-order valence-corrected chi connectivity index (χ3v) is 4.85. The summed E-state index contributed by atoms with van der Waals surface area (Å²) < 4.78 is 13.9. The highest BCUT2D eigenvalue weighted by Crippen LogP contribution is 2.26. The summed E-state index contributed by atoms with van der Waals surface area (Å²) in [6, 6.07) is 4.36. The van der Waals surface area contributed by atoms with E-state index in [1.807, 2.05) is 19.0 Å². The van der Waals surface area contributed by atoms with Gasteiger partial charge < -0.3 is 15.1 Å². The Hall–Kier alpha value is -2.41. The molecule has 144 valence electrons. The fourth-order valence-corrected chi connectivity index (χ4v) is 3.33. The van der Waals surface area contributed by atoms with Crippen LogP contribution in [-0.4, -0.2) is 43.1 Å². The van der Waals surface area contributed by atoms with Crippen molar-refractivity contribution in [1.29, 1.82) is 0 Å². The van der Waals surface area contributed by atoms with Gasteiger partial charge in [-0.3, -0.25) is 4.79 Å². The summed E-state index contributed by atoms with van der Waals surface area (Å²) in [7, 11) is 3.71. The SMILES string of the molecule is CN(C)c1nc(N2CCCCC2)ncc1NC(=O)Cc1c(F)cccc1Cl. The van der Waals surface area contributed by atoms with Crippen molar-refractivity contribution in [2.45, 2.75) is 25.7 Å². The number of rotatable bonds is 5.